The summed E-state index contributed by atoms with van der Waals surface area (Å²) >= 11 is 0. The van der Waals surface area contributed by atoms with E-state index in [9.17, 15) is 13.2 Å². The quantitative estimate of drug-likeness (QED) is 0.538. The minimum Gasteiger partial charge on any atom is -0.468 e. The van der Waals surface area contributed by atoms with Gasteiger partial charge in [0.05, 0.1) is 17.7 Å². The molecule has 0 unspecified atom stereocenters. The first-order chi connectivity index (χ1) is 14.7. The van der Waals surface area contributed by atoms with Crippen LogP contribution in [-0.4, -0.2) is 26.3 Å². The Labute approximate surface area is 183 Å². The van der Waals surface area contributed by atoms with Crippen LogP contribution in [0.2, 0.25) is 0 Å². The van der Waals surface area contributed by atoms with Crippen LogP contribution in [0.1, 0.15) is 28.0 Å². The molecule has 162 valence electrons. The zero-order valence-corrected chi connectivity index (χ0v) is 18.6. The highest BCUT2D eigenvalue weighted by molar-refractivity contribution is 7.89. The molecule has 0 aliphatic heterocycles. The van der Waals surface area contributed by atoms with Crippen LogP contribution in [0.15, 0.2) is 76.2 Å². The number of sulfonamides is 1. The summed E-state index contributed by atoms with van der Waals surface area (Å²) in [5.41, 5.74) is 4.18. The van der Waals surface area contributed by atoms with Crippen molar-refractivity contribution in [1.82, 2.24) is 9.62 Å². The van der Waals surface area contributed by atoms with Crippen molar-refractivity contribution in [2.45, 2.75) is 31.8 Å². The van der Waals surface area contributed by atoms with E-state index in [1.807, 2.05) is 26.0 Å². The molecule has 0 radical (unpaired) electrons. The molecule has 1 aromatic heterocycles. The summed E-state index contributed by atoms with van der Waals surface area (Å²) < 4.78 is 32.4. The highest BCUT2D eigenvalue weighted by Crippen LogP contribution is 2.14. The fraction of sp³-hybridized carbons (Fsp3) is 0.208. The minimum atomic E-state index is -3.65. The zero-order valence-electron chi connectivity index (χ0n) is 17.8. The maximum absolute atomic E-state index is 12.4. The molecule has 0 aliphatic rings. The first kappa shape index (κ1) is 22.5. The van der Waals surface area contributed by atoms with Crippen LogP contribution in [0.3, 0.4) is 0 Å². The fourth-order valence-corrected chi connectivity index (χ4v) is 4.07. The molecule has 0 aliphatic carbocycles. The second-order valence-electron chi connectivity index (χ2n) is 7.43. The summed E-state index contributed by atoms with van der Waals surface area (Å²) in [6.07, 6.45) is 4.65. The van der Waals surface area contributed by atoms with Crippen LogP contribution in [0.25, 0.3) is 6.08 Å². The molecule has 2 aromatic carbocycles. The number of hydrogen-bond donors (Lipinski definition) is 1. The van der Waals surface area contributed by atoms with Crippen LogP contribution < -0.4 is 4.72 Å². The Morgan fingerprint density at radius 1 is 1.10 bits per heavy atom. The lowest BCUT2D eigenvalue weighted by molar-refractivity contribution is -0.125. The van der Waals surface area contributed by atoms with Gasteiger partial charge in [0, 0.05) is 19.7 Å². The third-order valence-electron chi connectivity index (χ3n) is 4.91. The van der Waals surface area contributed by atoms with Gasteiger partial charge in [0.15, 0.2) is 0 Å². The predicted octanol–water partition coefficient (Wildman–Crippen LogP) is 4.05. The van der Waals surface area contributed by atoms with Crippen molar-refractivity contribution >= 4 is 22.0 Å². The van der Waals surface area contributed by atoms with Crippen LogP contribution >= 0.6 is 0 Å². The molecule has 31 heavy (non-hydrogen) atoms. The summed E-state index contributed by atoms with van der Waals surface area (Å²) in [5.74, 6) is 0.406. The number of carbonyl (C=O) groups excluding carboxylic acids is 1. The standard InChI is InChI=1S/C24H26N2O4S/c1-18-6-10-21(19(2)15-18)17-26(3)24(27)13-9-20-7-11-23(12-8-20)31(28,29)25-16-22-5-4-14-30-22/h4-15,25H,16-17H2,1-3H3/b13-9+. The Morgan fingerprint density at radius 3 is 2.48 bits per heavy atom. The predicted molar refractivity (Wildman–Crippen MR) is 121 cm³/mol. The molecule has 7 heteroatoms. The van der Waals surface area contributed by atoms with Crippen molar-refractivity contribution in [2.75, 3.05) is 7.05 Å². The third-order valence-corrected chi connectivity index (χ3v) is 6.32. The normalized spacial score (nSPS) is 11.7. The molecule has 3 rings (SSSR count). The summed E-state index contributed by atoms with van der Waals surface area (Å²) in [6.45, 7) is 4.68. The van der Waals surface area contributed by atoms with Gasteiger partial charge >= 0.3 is 0 Å². The summed E-state index contributed by atoms with van der Waals surface area (Å²) in [4.78, 5) is 14.2. The second-order valence-corrected chi connectivity index (χ2v) is 9.20. The fourth-order valence-electron chi connectivity index (χ4n) is 3.07. The number of nitrogens with one attached hydrogen (secondary N) is 1. The van der Waals surface area contributed by atoms with E-state index in [1.54, 1.807) is 42.3 Å². The molecule has 0 bridgehead atoms. The lowest BCUT2D eigenvalue weighted by Crippen LogP contribution is -2.24. The van der Waals surface area contributed by atoms with Crippen molar-refractivity contribution in [3.8, 4) is 0 Å². The average molecular weight is 439 g/mol. The zero-order chi connectivity index (χ0) is 22.4. The van der Waals surface area contributed by atoms with Crippen LogP contribution in [0, 0.1) is 13.8 Å². The highest BCUT2D eigenvalue weighted by Gasteiger charge is 2.14. The minimum absolute atomic E-state index is 0.0816. The maximum atomic E-state index is 12.4. The van der Waals surface area contributed by atoms with Gasteiger partial charge in [0.25, 0.3) is 0 Å². The van der Waals surface area contributed by atoms with E-state index in [0.717, 1.165) is 16.7 Å². The first-order valence-corrected chi connectivity index (χ1v) is 11.3. The van der Waals surface area contributed by atoms with Crippen molar-refractivity contribution in [1.29, 1.82) is 0 Å². The van der Waals surface area contributed by atoms with Gasteiger partial charge in [0.1, 0.15) is 5.76 Å². The molecule has 1 heterocycles. The van der Waals surface area contributed by atoms with E-state index in [2.05, 4.69) is 10.8 Å². The summed E-state index contributed by atoms with van der Waals surface area (Å²) in [5, 5.41) is 0. The number of nitrogens with zero attached hydrogens (tertiary/aromatic N) is 1. The van der Waals surface area contributed by atoms with Crippen LogP contribution in [0.5, 0.6) is 0 Å². The van der Waals surface area contributed by atoms with Gasteiger partial charge in [0.2, 0.25) is 15.9 Å². The van der Waals surface area contributed by atoms with E-state index in [4.69, 9.17) is 4.42 Å². The Balaban J connectivity index is 1.59. The number of aryl methyl sites for hydroxylation is 2. The lowest BCUT2D eigenvalue weighted by atomic mass is 10.1. The van der Waals surface area contributed by atoms with Crippen molar-refractivity contribution in [3.63, 3.8) is 0 Å². The van der Waals surface area contributed by atoms with Gasteiger partial charge in [-0.15, -0.1) is 0 Å². The Hall–Kier alpha value is -3.16. The molecular weight excluding hydrogens is 412 g/mol. The molecule has 0 spiro atoms. The third kappa shape index (κ3) is 6.16. The smallest absolute Gasteiger partial charge is 0.246 e. The SMILES string of the molecule is Cc1ccc(CN(C)C(=O)/C=C/c2ccc(S(=O)(=O)NCc3ccco3)cc2)c(C)c1. The molecule has 6 nitrogen and oxygen atoms in total. The molecule has 0 fully saturated rings. The monoisotopic (exact) mass is 438 g/mol. The number of amides is 1. The Kier molecular flexibility index (Phi) is 7.09. The molecule has 3 aromatic rings. The van der Waals surface area contributed by atoms with Gasteiger partial charge in [-0.25, -0.2) is 13.1 Å². The summed E-state index contributed by atoms with van der Waals surface area (Å²) in [7, 11) is -1.89. The molecule has 1 amide bonds. The van der Waals surface area contributed by atoms with Crippen molar-refractivity contribution in [3.05, 3.63) is 95.0 Å². The average Bonchev–Trinajstić information content (AvgIpc) is 3.26. The highest BCUT2D eigenvalue weighted by atomic mass is 32.2. The van der Waals surface area contributed by atoms with E-state index in [-0.39, 0.29) is 17.3 Å². The largest absolute Gasteiger partial charge is 0.468 e. The van der Waals surface area contributed by atoms with E-state index < -0.39 is 10.0 Å². The van der Waals surface area contributed by atoms with E-state index in [1.165, 1.54) is 30.0 Å². The lowest BCUT2D eigenvalue weighted by Gasteiger charge is -2.17. The number of benzene rings is 2. The number of carbonyl (C=O) groups is 1. The Morgan fingerprint density at radius 2 is 1.84 bits per heavy atom. The maximum Gasteiger partial charge on any atom is 0.246 e. The number of furan rings is 1. The number of rotatable bonds is 8. The van der Waals surface area contributed by atoms with Crippen LogP contribution in [-0.2, 0) is 27.9 Å². The topological polar surface area (TPSA) is 79.6 Å². The first-order valence-electron chi connectivity index (χ1n) is 9.86. The van der Waals surface area contributed by atoms with Crippen molar-refractivity contribution < 1.29 is 17.6 Å². The van der Waals surface area contributed by atoms with Gasteiger partial charge in [-0.3, -0.25) is 4.79 Å². The molecule has 0 saturated heterocycles. The molecule has 1 N–H and O–H groups in total. The number of hydrogen-bond acceptors (Lipinski definition) is 4. The van der Waals surface area contributed by atoms with Crippen LogP contribution in [0.4, 0.5) is 0 Å². The molecule has 0 saturated carbocycles. The second kappa shape index (κ2) is 9.76. The molecular formula is C24H26N2O4S. The van der Waals surface area contributed by atoms with Gasteiger partial charge in [-0.05, 0) is 60.9 Å². The van der Waals surface area contributed by atoms with Gasteiger partial charge in [-0.1, -0.05) is 35.9 Å². The van der Waals surface area contributed by atoms with Gasteiger partial charge < -0.3 is 9.32 Å². The summed E-state index contributed by atoms with van der Waals surface area (Å²) in [6, 6.07) is 15.9. The van der Waals surface area contributed by atoms with Gasteiger partial charge in [-0.2, -0.15) is 0 Å². The Bertz CT molecular complexity index is 1160. The van der Waals surface area contributed by atoms with E-state index in [0.29, 0.717) is 12.3 Å². The molecule has 0 atom stereocenters. The number of likely N-dealkylation sites (N-methyl/N-ethyl adjacent to an activating group) is 1. The van der Waals surface area contributed by atoms with Crippen molar-refractivity contribution in [2.24, 2.45) is 0 Å². The van der Waals surface area contributed by atoms with E-state index >= 15 is 0 Å².